The predicted molar refractivity (Wildman–Crippen MR) is 94.2 cm³/mol. The van der Waals surface area contributed by atoms with Crippen LogP contribution in [0, 0.1) is 17.8 Å². The molecule has 0 nitrogen and oxygen atoms in total. The Bertz CT molecular complexity index is 236. The smallest absolute Gasteiger partial charge is 0.0323 e. The summed E-state index contributed by atoms with van der Waals surface area (Å²) in [6.45, 7) is 14.0. The highest BCUT2D eigenvalue weighted by molar-refractivity contribution is 4.94. The van der Waals surface area contributed by atoms with E-state index in [1.165, 1.54) is 57.8 Å². The Kier molecular flexibility index (Phi) is 12.3. The third-order valence-electron chi connectivity index (χ3n) is 4.63. The normalized spacial score (nSPS) is 15.7. The molecule has 20 heavy (non-hydrogen) atoms. The maximum atomic E-state index is 2.44. The lowest BCUT2D eigenvalue weighted by Crippen LogP contribution is -2.00. The molecule has 0 aromatic rings. The first-order valence-electron chi connectivity index (χ1n) is 9.07. The van der Waals surface area contributed by atoms with Crippen molar-refractivity contribution in [3.05, 3.63) is 11.6 Å². The second-order valence-corrected chi connectivity index (χ2v) is 7.49. The Morgan fingerprint density at radius 1 is 0.750 bits per heavy atom. The van der Waals surface area contributed by atoms with Gasteiger partial charge >= 0.3 is 0 Å². The molecule has 0 heteroatoms. The number of hydrogen-bond donors (Lipinski definition) is 0. The van der Waals surface area contributed by atoms with Crippen molar-refractivity contribution >= 4 is 0 Å². The summed E-state index contributed by atoms with van der Waals surface area (Å²) < 4.78 is 0. The monoisotopic (exact) mass is 280 g/mol. The van der Waals surface area contributed by atoms with E-state index < -0.39 is 0 Å². The molecule has 0 aliphatic rings. The Morgan fingerprint density at radius 2 is 1.20 bits per heavy atom. The molecule has 0 aliphatic carbocycles. The van der Waals surface area contributed by atoms with Crippen LogP contribution < -0.4 is 0 Å². The maximum Gasteiger partial charge on any atom is -0.0323 e. The third kappa shape index (κ3) is 12.8. The fourth-order valence-corrected chi connectivity index (χ4v) is 2.85. The second-order valence-electron chi connectivity index (χ2n) is 7.49. The molecule has 0 amide bonds. The van der Waals surface area contributed by atoms with Crippen LogP contribution in [0.2, 0.25) is 0 Å². The fourth-order valence-electron chi connectivity index (χ4n) is 2.85. The van der Waals surface area contributed by atoms with Gasteiger partial charge in [-0.3, -0.25) is 0 Å². The molecule has 0 aromatic heterocycles. The first-order chi connectivity index (χ1) is 9.45. The van der Waals surface area contributed by atoms with E-state index in [1.54, 1.807) is 5.57 Å². The van der Waals surface area contributed by atoms with Crippen LogP contribution in [0.5, 0.6) is 0 Å². The Hall–Kier alpha value is -0.260. The molecule has 120 valence electrons. The van der Waals surface area contributed by atoms with Crippen LogP contribution in [0.1, 0.15) is 99.3 Å². The van der Waals surface area contributed by atoms with Crippen LogP contribution in [0.3, 0.4) is 0 Å². The molecule has 0 aromatic carbocycles. The number of rotatable bonds is 12. The standard InChI is InChI=1S/C20H40/c1-7-18(4)12-9-14-20(6)16-10-15-19(5)13-8-11-17(2)3/h7,17,19-20H,8-16H2,1-6H3/b18-7+/t19-,20-/m0/s1. The van der Waals surface area contributed by atoms with E-state index in [0.29, 0.717) is 0 Å². The number of allylic oxidation sites excluding steroid dienone is 2. The summed E-state index contributed by atoms with van der Waals surface area (Å²) in [5, 5.41) is 0. The van der Waals surface area contributed by atoms with Crippen molar-refractivity contribution in [2.75, 3.05) is 0 Å². The zero-order valence-corrected chi connectivity index (χ0v) is 15.2. The third-order valence-corrected chi connectivity index (χ3v) is 4.63. The molecule has 0 aliphatic heterocycles. The summed E-state index contributed by atoms with van der Waals surface area (Å²) in [5.41, 5.74) is 1.55. The van der Waals surface area contributed by atoms with Gasteiger partial charge in [0.1, 0.15) is 0 Å². The van der Waals surface area contributed by atoms with Crippen LogP contribution in [0.25, 0.3) is 0 Å². The van der Waals surface area contributed by atoms with Crippen LogP contribution in [0.4, 0.5) is 0 Å². The molecular formula is C20H40. The van der Waals surface area contributed by atoms with Crippen molar-refractivity contribution in [2.24, 2.45) is 17.8 Å². The minimum absolute atomic E-state index is 0.878. The van der Waals surface area contributed by atoms with E-state index in [0.717, 1.165) is 17.8 Å². The SMILES string of the molecule is C/C=C(\C)CCC[C@H](C)CCC[C@@H](C)CCCC(C)C. The van der Waals surface area contributed by atoms with Crippen LogP contribution in [-0.4, -0.2) is 0 Å². The van der Waals surface area contributed by atoms with Crippen LogP contribution in [0.15, 0.2) is 11.6 Å². The van der Waals surface area contributed by atoms with Gasteiger partial charge in [0.25, 0.3) is 0 Å². The van der Waals surface area contributed by atoms with E-state index in [1.807, 2.05) is 0 Å². The predicted octanol–water partition coefficient (Wildman–Crippen LogP) is 7.39. The highest BCUT2D eigenvalue weighted by Crippen LogP contribution is 2.21. The van der Waals surface area contributed by atoms with E-state index in [4.69, 9.17) is 0 Å². The van der Waals surface area contributed by atoms with Gasteiger partial charge < -0.3 is 0 Å². The molecule has 0 bridgehead atoms. The van der Waals surface area contributed by atoms with Crippen LogP contribution >= 0.6 is 0 Å². The van der Waals surface area contributed by atoms with Crippen molar-refractivity contribution in [1.82, 2.24) is 0 Å². The van der Waals surface area contributed by atoms with Gasteiger partial charge in [0, 0.05) is 0 Å². The van der Waals surface area contributed by atoms with Crippen molar-refractivity contribution in [2.45, 2.75) is 99.3 Å². The molecule has 0 heterocycles. The van der Waals surface area contributed by atoms with Gasteiger partial charge in [0.2, 0.25) is 0 Å². The van der Waals surface area contributed by atoms with E-state index >= 15 is 0 Å². The molecule has 0 N–H and O–H groups in total. The molecule has 0 fully saturated rings. The maximum absolute atomic E-state index is 2.44. The summed E-state index contributed by atoms with van der Waals surface area (Å²) in [6, 6.07) is 0. The summed E-state index contributed by atoms with van der Waals surface area (Å²) in [6.07, 6.45) is 14.9. The van der Waals surface area contributed by atoms with Gasteiger partial charge in [-0.2, -0.15) is 0 Å². The summed E-state index contributed by atoms with van der Waals surface area (Å²) in [4.78, 5) is 0. The molecule has 0 saturated heterocycles. The quantitative estimate of drug-likeness (QED) is 0.327. The minimum Gasteiger partial charge on any atom is -0.0887 e. The molecule has 0 unspecified atom stereocenters. The molecule has 0 saturated carbocycles. The lowest BCUT2D eigenvalue weighted by atomic mass is 9.91. The van der Waals surface area contributed by atoms with Crippen molar-refractivity contribution in [3.8, 4) is 0 Å². The number of hydrogen-bond acceptors (Lipinski definition) is 0. The van der Waals surface area contributed by atoms with E-state index in [2.05, 4.69) is 47.6 Å². The minimum atomic E-state index is 0.878. The Labute approximate surface area is 129 Å². The summed E-state index contributed by atoms with van der Waals surface area (Å²) in [7, 11) is 0. The highest BCUT2D eigenvalue weighted by Gasteiger charge is 2.06. The zero-order valence-electron chi connectivity index (χ0n) is 15.2. The van der Waals surface area contributed by atoms with Crippen molar-refractivity contribution in [3.63, 3.8) is 0 Å². The largest absolute Gasteiger partial charge is 0.0887 e. The first kappa shape index (κ1) is 19.7. The average Bonchev–Trinajstić information content (AvgIpc) is 2.38. The van der Waals surface area contributed by atoms with E-state index in [9.17, 15) is 0 Å². The van der Waals surface area contributed by atoms with Gasteiger partial charge in [-0.1, -0.05) is 84.3 Å². The van der Waals surface area contributed by atoms with Gasteiger partial charge in [0.05, 0.1) is 0 Å². The fraction of sp³-hybridized carbons (Fsp3) is 0.900. The van der Waals surface area contributed by atoms with Gasteiger partial charge in [-0.05, 0) is 44.4 Å². The van der Waals surface area contributed by atoms with E-state index in [-0.39, 0.29) is 0 Å². The Morgan fingerprint density at radius 3 is 1.65 bits per heavy atom. The highest BCUT2D eigenvalue weighted by atomic mass is 14.1. The van der Waals surface area contributed by atoms with Gasteiger partial charge in [-0.15, -0.1) is 0 Å². The van der Waals surface area contributed by atoms with Gasteiger partial charge in [-0.25, -0.2) is 0 Å². The average molecular weight is 281 g/mol. The first-order valence-corrected chi connectivity index (χ1v) is 9.07. The zero-order chi connectivity index (χ0) is 15.4. The molecule has 2 atom stereocenters. The summed E-state index contributed by atoms with van der Waals surface area (Å²) >= 11 is 0. The summed E-state index contributed by atoms with van der Waals surface area (Å²) in [5.74, 6) is 2.73. The van der Waals surface area contributed by atoms with Crippen molar-refractivity contribution < 1.29 is 0 Å². The molecule has 0 radical (unpaired) electrons. The van der Waals surface area contributed by atoms with Crippen LogP contribution in [-0.2, 0) is 0 Å². The second kappa shape index (κ2) is 12.5. The Balaban J connectivity index is 3.48. The molecular weight excluding hydrogens is 240 g/mol. The lowest BCUT2D eigenvalue weighted by Gasteiger charge is -2.15. The molecule has 0 rings (SSSR count). The topological polar surface area (TPSA) is 0 Å². The lowest BCUT2D eigenvalue weighted by molar-refractivity contribution is 0.389. The van der Waals surface area contributed by atoms with Gasteiger partial charge in [0.15, 0.2) is 0 Å². The molecule has 0 spiro atoms. The van der Waals surface area contributed by atoms with Crippen molar-refractivity contribution in [1.29, 1.82) is 0 Å².